The number of aromatic amines is 1. The van der Waals surface area contributed by atoms with Crippen molar-refractivity contribution in [2.24, 2.45) is 5.92 Å². The lowest BCUT2D eigenvalue weighted by Gasteiger charge is -2.32. The minimum Gasteiger partial charge on any atom is -0.456 e. The Morgan fingerprint density at radius 2 is 2.13 bits per heavy atom. The molecule has 1 aromatic carbocycles. The van der Waals surface area contributed by atoms with Crippen molar-refractivity contribution in [1.29, 1.82) is 5.26 Å². The number of pyridine rings is 1. The SMILES string of the molecule is C=CC(=O)N1CCC[C@@H](CCCc2[nH]nc3nccc(Oc4ccc(C(=O)Nc5ncc(C#N)s5)cc4)c23)C1. The molecule has 5 rings (SSSR count). The third-order valence-corrected chi connectivity index (χ3v) is 7.53. The zero-order chi connectivity index (χ0) is 27.2. The molecule has 2 amide bonds. The number of fused-ring (bicyclic) bond motifs is 1. The number of hydrogen-bond donors (Lipinski definition) is 2. The largest absolute Gasteiger partial charge is 0.456 e. The molecule has 0 aliphatic carbocycles. The van der Waals surface area contributed by atoms with Gasteiger partial charge in [-0.1, -0.05) is 17.9 Å². The average Bonchev–Trinajstić information content (AvgIpc) is 3.60. The molecule has 1 atom stereocenters. The van der Waals surface area contributed by atoms with Crippen LogP contribution in [-0.2, 0) is 11.2 Å². The van der Waals surface area contributed by atoms with Crippen molar-refractivity contribution in [2.45, 2.75) is 32.1 Å². The van der Waals surface area contributed by atoms with E-state index in [0.29, 0.717) is 38.6 Å². The summed E-state index contributed by atoms with van der Waals surface area (Å²) in [5.74, 6) is 1.37. The Hall–Kier alpha value is -4.56. The summed E-state index contributed by atoms with van der Waals surface area (Å²) in [6.45, 7) is 5.19. The number of rotatable bonds is 9. The summed E-state index contributed by atoms with van der Waals surface area (Å²) in [7, 11) is 0. The van der Waals surface area contributed by atoms with Gasteiger partial charge in [0, 0.05) is 30.5 Å². The third kappa shape index (κ3) is 6.13. The number of hydrogen-bond acceptors (Lipinski definition) is 8. The van der Waals surface area contributed by atoms with E-state index in [-0.39, 0.29) is 11.8 Å². The molecule has 0 spiro atoms. The highest BCUT2D eigenvalue weighted by Gasteiger charge is 2.22. The minimum atomic E-state index is -0.321. The summed E-state index contributed by atoms with van der Waals surface area (Å²) in [6, 6.07) is 10.6. The van der Waals surface area contributed by atoms with E-state index in [1.807, 2.05) is 11.0 Å². The van der Waals surface area contributed by atoms with Crippen molar-refractivity contribution < 1.29 is 14.3 Å². The van der Waals surface area contributed by atoms with Gasteiger partial charge in [-0.25, -0.2) is 9.97 Å². The molecule has 39 heavy (non-hydrogen) atoms. The van der Waals surface area contributed by atoms with Gasteiger partial charge in [0.1, 0.15) is 22.4 Å². The van der Waals surface area contributed by atoms with Crippen molar-refractivity contribution in [2.75, 3.05) is 18.4 Å². The number of piperidine rings is 1. The van der Waals surface area contributed by atoms with E-state index in [4.69, 9.17) is 10.00 Å². The van der Waals surface area contributed by atoms with Gasteiger partial charge in [0.05, 0.1) is 11.6 Å². The van der Waals surface area contributed by atoms with Crippen molar-refractivity contribution in [3.63, 3.8) is 0 Å². The highest BCUT2D eigenvalue weighted by atomic mass is 32.1. The van der Waals surface area contributed by atoms with Crippen molar-refractivity contribution in [3.8, 4) is 17.6 Å². The number of carbonyl (C=O) groups excluding carboxylic acids is 2. The van der Waals surface area contributed by atoms with Crippen molar-refractivity contribution in [1.82, 2.24) is 25.1 Å². The number of H-pyrrole nitrogens is 1. The number of anilines is 1. The summed E-state index contributed by atoms with van der Waals surface area (Å²) >= 11 is 1.12. The molecule has 4 aromatic rings. The number of thiazole rings is 1. The third-order valence-electron chi connectivity index (χ3n) is 6.72. The van der Waals surface area contributed by atoms with Gasteiger partial charge in [-0.3, -0.25) is 20.0 Å². The van der Waals surface area contributed by atoms with Crippen LogP contribution < -0.4 is 10.1 Å². The fraction of sp³-hybridized carbons (Fsp3) is 0.286. The maximum atomic E-state index is 12.5. The zero-order valence-corrected chi connectivity index (χ0v) is 22.0. The second-order valence-electron chi connectivity index (χ2n) is 9.32. The quantitative estimate of drug-likeness (QED) is 0.282. The van der Waals surface area contributed by atoms with Gasteiger partial charge in [0.15, 0.2) is 10.8 Å². The van der Waals surface area contributed by atoms with Crippen LogP contribution in [0.25, 0.3) is 11.0 Å². The fourth-order valence-corrected chi connectivity index (χ4v) is 5.40. The number of likely N-dealkylation sites (tertiary alicyclic amines) is 1. The first-order valence-corrected chi connectivity index (χ1v) is 13.5. The molecule has 0 unspecified atom stereocenters. The molecule has 4 heterocycles. The summed E-state index contributed by atoms with van der Waals surface area (Å²) in [5.41, 5.74) is 1.98. The number of nitrogens with zero attached hydrogens (tertiary/aromatic N) is 5. The fourth-order valence-electron chi connectivity index (χ4n) is 4.80. The second-order valence-corrected chi connectivity index (χ2v) is 10.4. The Labute approximate surface area is 229 Å². The molecule has 198 valence electrons. The molecule has 0 saturated carbocycles. The molecule has 1 fully saturated rings. The van der Waals surface area contributed by atoms with Gasteiger partial charge < -0.3 is 9.64 Å². The van der Waals surface area contributed by atoms with Crippen LogP contribution in [0, 0.1) is 17.2 Å². The normalized spacial score (nSPS) is 15.1. The van der Waals surface area contributed by atoms with E-state index in [2.05, 4.69) is 32.1 Å². The molecule has 3 aromatic heterocycles. The van der Waals surface area contributed by atoms with Gasteiger partial charge >= 0.3 is 0 Å². The first-order chi connectivity index (χ1) is 19.0. The molecule has 2 N–H and O–H groups in total. The highest BCUT2D eigenvalue weighted by molar-refractivity contribution is 7.16. The molecule has 10 nitrogen and oxygen atoms in total. The van der Waals surface area contributed by atoms with Crippen LogP contribution in [0.15, 0.2) is 55.4 Å². The monoisotopic (exact) mass is 541 g/mol. The van der Waals surface area contributed by atoms with Gasteiger partial charge in [0.2, 0.25) is 5.91 Å². The number of nitriles is 1. The van der Waals surface area contributed by atoms with Crippen LogP contribution >= 0.6 is 11.3 Å². The van der Waals surface area contributed by atoms with Crippen LogP contribution in [0.5, 0.6) is 11.5 Å². The van der Waals surface area contributed by atoms with E-state index >= 15 is 0 Å². The molecule has 1 aliphatic rings. The second kappa shape index (κ2) is 11.9. The standard InChI is InChI=1S/C28H27N7O3S/c1-2-24(36)35-14-4-6-18(17-35)5-3-7-22-25-23(12-13-30-26(25)34-33-22)38-20-10-8-19(9-11-20)27(37)32-28-31-16-21(15-29)39-28/h2,8-13,16,18H,1,3-7,14,17H2,(H,30,33,34)(H,31,32,37)/t18-/m1/s1. The lowest BCUT2D eigenvalue weighted by molar-refractivity contribution is -0.127. The number of aromatic nitrogens is 4. The number of nitrogens with one attached hydrogen (secondary N) is 2. The molecular formula is C28H27N7O3S. The van der Waals surface area contributed by atoms with Crippen LogP contribution in [0.2, 0.25) is 0 Å². The summed E-state index contributed by atoms with van der Waals surface area (Å²) in [6.07, 6.45) is 9.36. The summed E-state index contributed by atoms with van der Waals surface area (Å²) < 4.78 is 6.18. The Balaban J connectivity index is 1.22. The smallest absolute Gasteiger partial charge is 0.257 e. The van der Waals surface area contributed by atoms with Gasteiger partial charge in [-0.2, -0.15) is 10.4 Å². The molecule has 0 bridgehead atoms. The maximum absolute atomic E-state index is 12.5. The van der Waals surface area contributed by atoms with Crippen LogP contribution in [0.4, 0.5) is 5.13 Å². The number of carbonyl (C=O) groups is 2. The lowest BCUT2D eigenvalue weighted by Crippen LogP contribution is -2.38. The van der Waals surface area contributed by atoms with E-state index in [0.717, 1.165) is 67.6 Å². The topological polar surface area (TPSA) is 137 Å². The molecule has 0 radical (unpaired) electrons. The Bertz CT molecular complexity index is 1540. The molecule has 11 heteroatoms. The zero-order valence-electron chi connectivity index (χ0n) is 21.2. The number of aryl methyl sites for hydroxylation is 1. The average molecular weight is 542 g/mol. The number of benzene rings is 1. The summed E-state index contributed by atoms with van der Waals surface area (Å²) in [5, 5.41) is 20.3. The van der Waals surface area contributed by atoms with Crippen LogP contribution in [0.1, 0.15) is 46.6 Å². The Kier molecular flexibility index (Phi) is 7.94. The van der Waals surface area contributed by atoms with Gasteiger partial charge in [-0.15, -0.1) is 0 Å². The highest BCUT2D eigenvalue weighted by Crippen LogP contribution is 2.32. The van der Waals surface area contributed by atoms with E-state index in [1.54, 1.807) is 36.5 Å². The van der Waals surface area contributed by atoms with E-state index < -0.39 is 0 Å². The predicted molar refractivity (Wildman–Crippen MR) is 148 cm³/mol. The van der Waals surface area contributed by atoms with Gasteiger partial charge in [-0.05, 0) is 74.4 Å². The van der Waals surface area contributed by atoms with E-state index in [9.17, 15) is 9.59 Å². The van der Waals surface area contributed by atoms with E-state index in [1.165, 1.54) is 12.3 Å². The summed E-state index contributed by atoms with van der Waals surface area (Å²) in [4.78, 5) is 35.2. The van der Waals surface area contributed by atoms with Crippen molar-refractivity contribution >= 4 is 39.3 Å². The molecule has 1 aliphatic heterocycles. The van der Waals surface area contributed by atoms with Gasteiger partial charge in [0.25, 0.3) is 5.91 Å². The Morgan fingerprint density at radius 1 is 1.28 bits per heavy atom. The minimum absolute atomic E-state index is 0.00879. The first kappa shape index (κ1) is 26.1. The molecular weight excluding hydrogens is 514 g/mol. The Morgan fingerprint density at radius 3 is 2.90 bits per heavy atom. The van der Waals surface area contributed by atoms with Crippen LogP contribution in [0.3, 0.4) is 0 Å². The lowest BCUT2D eigenvalue weighted by atomic mass is 9.92. The molecule has 1 saturated heterocycles. The number of ether oxygens (including phenoxy) is 1. The number of amides is 2. The predicted octanol–water partition coefficient (Wildman–Crippen LogP) is 5.08. The van der Waals surface area contributed by atoms with Crippen molar-refractivity contribution in [3.05, 3.63) is 71.5 Å². The first-order valence-electron chi connectivity index (χ1n) is 12.7. The maximum Gasteiger partial charge on any atom is 0.257 e. The van der Waals surface area contributed by atoms with Crippen LogP contribution in [-0.4, -0.2) is 50.0 Å².